The number of amides is 1. The van der Waals surface area contributed by atoms with Gasteiger partial charge >= 0.3 is 0 Å². The maximum atomic E-state index is 12.4. The van der Waals surface area contributed by atoms with Gasteiger partial charge in [-0.15, -0.1) is 12.6 Å². The molecule has 0 aromatic heterocycles. The van der Waals surface area contributed by atoms with Gasteiger partial charge in [-0.1, -0.05) is 31.9 Å². The highest BCUT2D eigenvalue weighted by molar-refractivity contribution is 7.84. The number of thiol groups is 1. The first-order valence-electron chi connectivity index (χ1n) is 9.16. The highest BCUT2D eigenvalue weighted by Crippen LogP contribution is 2.41. The van der Waals surface area contributed by atoms with E-state index in [0.717, 1.165) is 37.8 Å². The van der Waals surface area contributed by atoms with Crippen LogP contribution in [0.25, 0.3) is 0 Å². The Morgan fingerprint density at radius 2 is 1.92 bits per heavy atom. The Balaban J connectivity index is 2.00. The fraction of sp³-hybridized carbons (Fsp3) is 0.500. The average Bonchev–Trinajstić information content (AvgIpc) is 2.62. The Morgan fingerprint density at radius 1 is 1.24 bits per heavy atom. The Bertz CT molecular complexity index is 711. The fourth-order valence-corrected chi connectivity index (χ4v) is 4.35. The van der Waals surface area contributed by atoms with Crippen molar-refractivity contribution >= 4 is 24.2 Å². The summed E-state index contributed by atoms with van der Waals surface area (Å²) < 4.78 is 0. The van der Waals surface area contributed by atoms with Crippen molar-refractivity contribution in [2.75, 3.05) is 4.90 Å². The van der Waals surface area contributed by atoms with Crippen molar-refractivity contribution < 1.29 is 4.79 Å². The molecule has 2 aliphatic rings. The van der Waals surface area contributed by atoms with E-state index in [4.69, 9.17) is 0 Å². The first-order valence-corrected chi connectivity index (χ1v) is 9.61. The summed E-state index contributed by atoms with van der Waals surface area (Å²) in [6.45, 7) is 2.19. The summed E-state index contributed by atoms with van der Waals surface area (Å²) in [5.74, 6) is -0.301. The second-order valence-electron chi connectivity index (χ2n) is 6.96. The van der Waals surface area contributed by atoms with E-state index >= 15 is 0 Å². The van der Waals surface area contributed by atoms with Gasteiger partial charge in [0.15, 0.2) is 0 Å². The third kappa shape index (κ3) is 3.41. The quantitative estimate of drug-likeness (QED) is 0.792. The summed E-state index contributed by atoms with van der Waals surface area (Å²) in [4.78, 5) is 14.5. The summed E-state index contributed by atoms with van der Waals surface area (Å²) in [6.07, 6.45) is 8.49. The summed E-state index contributed by atoms with van der Waals surface area (Å²) in [6, 6.07) is 10.5. The van der Waals surface area contributed by atoms with Gasteiger partial charge in [0.05, 0.1) is 5.03 Å². The molecule has 25 heavy (non-hydrogen) atoms. The minimum absolute atomic E-state index is 0.0922. The van der Waals surface area contributed by atoms with Crippen LogP contribution in [0.15, 0.2) is 34.9 Å². The predicted octanol–water partition coefficient (Wildman–Crippen LogP) is 4.29. The average molecular weight is 356 g/mol. The molecule has 0 unspecified atom stereocenters. The van der Waals surface area contributed by atoms with Gasteiger partial charge in [-0.2, -0.15) is 5.26 Å². The van der Waals surface area contributed by atoms with Crippen LogP contribution in [0.3, 0.4) is 0 Å². The van der Waals surface area contributed by atoms with E-state index in [9.17, 15) is 10.1 Å². The van der Waals surface area contributed by atoms with Crippen LogP contribution in [0.1, 0.15) is 57.4 Å². The van der Waals surface area contributed by atoms with Gasteiger partial charge in [-0.3, -0.25) is 4.79 Å². The van der Waals surface area contributed by atoms with E-state index in [1.165, 1.54) is 24.8 Å². The molecule has 1 heterocycles. The van der Waals surface area contributed by atoms with E-state index in [0.29, 0.717) is 5.03 Å². The molecule has 3 rings (SSSR count). The lowest BCUT2D eigenvalue weighted by Crippen LogP contribution is -2.64. The van der Waals surface area contributed by atoms with Crippen LogP contribution >= 0.6 is 12.6 Å². The maximum absolute atomic E-state index is 12.4. The number of aryl methyl sites for hydroxylation is 1. The number of carbonyl (C=O) groups is 1. The first kappa shape index (κ1) is 17.9. The number of hydrogen-bond donors (Lipinski definition) is 2. The summed E-state index contributed by atoms with van der Waals surface area (Å²) >= 11 is 4.59. The molecule has 132 valence electrons. The largest absolute Gasteiger partial charge is 0.328 e. The molecule has 0 radical (unpaired) electrons. The SMILES string of the molecule is CCCCc1ccc(N2C(S)=C(C#N)C(=O)NC23CCCCC3)cc1. The number of nitrogens with one attached hydrogen (secondary N) is 1. The topological polar surface area (TPSA) is 56.1 Å². The third-order valence-corrected chi connectivity index (χ3v) is 5.67. The minimum Gasteiger partial charge on any atom is -0.328 e. The summed E-state index contributed by atoms with van der Waals surface area (Å²) in [7, 11) is 0. The minimum atomic E-state index is -0.461. The zero-order valence-corrected chi connectivity index (χ0v) is 15.6. The van der Waals surface area contributed by atoms with Gasteiger partial charge in [0.25, 0.3) is 5.91 Å². The number of benzene rings is 1. The van der Waals surface area contributed by atoms with E-state index in [-0.39, 0.29) is 11.5 Å². The van der Waals surface area contributed by atoms with Crippen molar-refractivity contribution in [1.29, 1.82) is 5.26 Å². The summed E-state index contributed by atoms with van der Waals surface area (Å²) in [5, 5.41) is 13.0. The van der Waals surface area contributed by atoms with Crippen LogP contribution in [-0.4, -0.2) is 11.6 Å². The maximum Gasteiger partial charge on any atom is 0.266 e. The number of hydrogen-bond acceptors (Lipinski definition) is 4. The van der Waals surface area contributed by atoms with Crippen LogP contribution in [0, 0.1) is 11.3 Å². The number of carbonyl (C=O) groups excluding carboxylic acids is 1. The second-order valence-corrected chi connectivity index (χ2v) is 7.39. The number of nitriles is 1. The number of rotatable bonds is 4. The number of unbranched alkanes of at least 4 members (excludes halogenated alkanes) is 1. The molecular formula is C20H25N3OS. The van der Waals surface area contributed by atoms with Gasteiger partial charge in [0.2, 0.25) is 0 Å². The lowest BCUT2D eigenvalue weighted by atomic mass is 9.85. The molecule has 1 saturated carbocycles. The molecular weight excluding hydrogens is 330 g/mol. The monoisotopic (exact) mass is 355 g/mol. The van der Waals surface area contributed by atoms with E-state index < -0.39 is 5.66 Å². The van der Waals surface area contributed by atoms with Crippen LogP contribution in [0.5, 0.6) is 0 Å². The van der Waals surface area contributed by atoms with Crippen molar-refractivity contribution in [1.82, 2.24) is 5.32 Å². The first-order chi connectivity index (χ1) is 12.1. The highest BCUT2D eigenvalue weighted by atomic mass is 32.1. The zero-order valence-electron chi connectivity index (χ0n) is 14.7. The second kappa shape index (κ2) is 7.53. The predicted molar refractivity (Wildman–Crippen MR) is 103 cm³/mol. The molecule has 0 bridgehead atoms. The van der Waals surface area contributed by atoms with Gasteiger partial charge in [0, 0.05) is 5.69 Å². The highest BCUT2D eigenvalue weighted by Gasteiger charge is 2.45. The molecule has 4 nitrogen and oxygen atoms in total. The third-order valence-electron chi connectivity index (χ3n) is 5.24. The lowest BCUT2D eigenvalue weighted by Gasteiger charge is -2.50. The lowest BCUT2D eigenvalue weighted by molar-refractivity contribution is -0.120. The molecule has 1 spiro atoms. The molecule has 1 N–H and O–H groups in total. The molecule has 1 amide bonds. The molecule has 1 fully saturated rings. The molecule has 1 aromatic carbocycles. The van der Waals surface area contributed by atoms with Gasteiger partial charge in [-0.05, 0) is 56.2 Å². The van der Waals surface area contributed by atoms with E-state index in [1.54, 1.807) is 0 Å². The van der Waals surface area contributed by atoms with Crippen molar-refractivity contribution in [3.8, 4) is 6.07 Å². The van der Waals surface area contributed by atoms with E-state index in [2.05, 4.69) is 54.0 Å². The summed E-state index contributed by atoms with van der Waals surface area (Å²) in [5.41, 5.74) is 1.93. The van der Waals surface area contributed by atoms with Gasteiger partial charge in [0.1, 0.15) is 17.3 Å². The van der Waals surface area contributed by atoms with Gasteiger partial charge < -0.3 is 10.2 Å². The smallest absolute Gasteiger partial charge is 0.266 e. The van der Waals surface area contributed by atoms with Crippen molar-refractivity contribution in [3.63, 3.8) is 0 Å². The zero-order chi connectivity index (χ0) is 17.9. The number of anilines is 1. The van der Waals surface area contributed by atoms with Crippen molar-refractivity contribution in [2.45, 2.75) is 64.0 Å². The standard InChI is InChI=1S/C20H25N3OS/c1-2-3-7-15-8-10-16(11-9-15)23-19(25)17(14-21)18(24)22-20(23)12-5-4-6-13-20/h8-11,25H,2-7,12-13H2,1H3,(H,22,24). The Kier molecular flexibility index (Phi) is 5.39. The molecule has 1 aliphatic carbocycles. The van der Waals surface area contributed by atoms with Crippen LogP contribution < -0.4 is 10.2 Å². The Hall–Kier alpha value is -1.93. The van der Waals surface area contributed by atoms with Gasteiger partial charge in [-0.25, -0.2) is 0 Å². The Morgan fingerprint density at radius 3 is 2.52 bits per heavy atom. The fourth-order valence-electron chi connectivity index (χ4n) is 3.89. The Labute approximate surface area is 155 Å². The van der Waals surface area contributed by atoms with Crippen LogP contribution in [-0.2, 0) is 11.2 Å². The van der Waals surface area contributed by atoms with Crippen molar-refractivity contribution in [3.05, 3.63) is 40.4 Å². The normalized spacial score (nSPS) is 19.7. The molecule has 0 atom stereocenters. The molecule has 1 aromatic rings. The van der Waals surface area contributed by atoms with Crippen LogP contribution in [0.2, 0.25) is 0 Å². The molecule has 0 saturated heterocycles. The molecule has 1 aliphatic heterocycles. The van der Waals surface area contributed by atoms with Crippen LogP contribution in [0.4, 0.5) is 5.69 Å². The van der Waals surface area contributed by atoms with Crippen molar-refractivity contribution in [2.24, 2.45) is 0 Å². The molecule has 5 heteroatoms. The van der Waals surface area contributed by atoms with E-state index in [1.807, 2.05) is 6.07 Å². The number of nitrogens with zero attached hydrogens (tertiary/aromatic N) is 2.